The van der Waals surface area contributed by atoms with E-state index in [4.69, 9.17) is 16.3 Å². The predicted octanol–water partition coefficient (Wildman–Crippen LogP) is 4.64. The Morgan fingerprint density at radius 2 is 1.74 bits per heavy atom. The van der Waals surface area contributed by atoms with Crippen molar-refractivity contribution in [3.8, 4) is 5.75 Å². The highest BCUT2D eigenvalue weighted by Gasteiger charge is 2.17. The summed E-state index contributed by atoms with van der Waals surface area (Å²) in [4.78, 5) is 0. The Morgan fingerprint density at radius 3 is 2.58 bits per heavy atom. The molecule has 0 aromatic heterocycles. The largest absolute Gasteiger partial charge is 0.488 e. The topological polar surface area (TPSA) is 9.23 Å². The number of rotatable bonds is 2. The Kier molecular flexibility index (Phi) is 3.56. The Balaban J connectivity index is 2.19. The van der Waals surface area contributed by atoms with E-state index in [1.807, 2.05) is 18.2 Å². The minimum absolute atomic E-state index is 0.616. The van der Waals surface area contributed by atoms with Gasteiger partial charge in [-0.1, -0.05) is 48.5 Å². The smallest absolute Gasteiger partial charge is 0.127 e. The minimum Gasteiger partial charge on any atom is -0.488 e. The molecule has 0 fully saturated rings. The van der Waals surface area contributed by atoms with Gasteiger partial charge >= 0.3 is 0 Å². The molecule has 1 nitrogen and oxygen atoms in total. The van der Waals surface area contributed by atoms with Crippen LogP contribution in [0.1, 0.15) is 23.1 Å². The number of halogens is 1. The number of hydrogen-bond acceptors (Lipinski definition) is 1. The molecule has 0 spiro atoms. The first-order valence-electron chi connectivity index (χ1n) is 6.47. The van der Waals surface area contributed by atoms with Crippen LogP contribution in [0, 0.1) is 0 Å². The van der Waals surface area contributed by atoms with Crippen LogP contribution in [0.25, 0.3) is 5.57 Å². The number of hydrogen-bond donors (Lipinski definition) is 0. The molecule has 0 atom stereocenters. The van der Waals surface area contributed by atoms with E-state index >= 15 is 0 Å². The molecule has 96 valence electrons. The maximum Gasteiger partial charge on any atom is 0.127 e. The number of para-hydroxylation sites is 1. The highest BCUT2D eigenvalue weighted by molar-refractivity contribution is 6.18. The summed E-state index contributed by atoms with van der Waals surface area (Å²) in [5.41, 5.74) is 4.85. The first kappa shape index (κ1) is 12.3. The van der Waals surface area contributed by atoms with Crippen molar-refractivity contribution in [1.29, 1.82) is 0 Å². The zero-order chi connectivity index (χ0) is 13.1. The van der Waals surface area contributed by atoms with Crippen LogP contribution >= 0.6 is 11.6 Å². The lowest BCUT2D eigenvalue weighted by Gasteiger charge is -2.09. The zero-order valence-electron chi connectivity index (χ0n) is 10.6. The quantitative estimate of drug-likeness (QED) is 0.723. The maximum absolute atomic E-state index is 5.91. The van der Waals surface area contributed by atoms with Crippen LogP contribution in [0.3, 0.4) is 0 Å². The van der Waals surface area contributed by atoms with Gasteiger partial charge in [-0.15, -0.1) is 11.6 Å². The average molecular weight is 271 g/mol. The van der Waals surface area contributed by atoms with Crippen LogP contribution < -0.4 is 4.74 Å². The van der Waals surface area contributed by atoms with Crippen LogP contribution in [-0.4, -0.2) is 5.88 Å². The highest BCUT2D eigenvalue weighted by Crippen LogP contribution is 2.36. The van der Waals surface area contributed by atoms with Gasteiger partial charge in [0, 0.05) is 11.4 Å². The number of ether oxygens (including phenoxy) is 1. The van der Waals surface area contributed by atoms with Crippen molar-refractivity contribution in [2.24, 2.45) is 0 Å². The second kappa shape index (κ2) is 5.50. The molecule has 3 rings (SSSR count). The Labute approximate surface area is 118 Å². The molecule has 1 aliphatic rings. The van der Waals surface area contributed by atoms with E-state index in [0.29, 0.717) is 12.5 Å². The fourth-order valence-electron chi connectivity index (χ4n) is 2.44. The molecule has 19 heavy (non-hydrogen) atoms. The molecule has 1 heterocycles. The molecule has 0 aliphatic carbocycles. The lowest BCUT2D eigenvalue weighted by molar-refractivity contribution is 0.307. The normalized spacial score (nSPS) is 15.3. The molecule has 0 saturated heterocycles. The van der Waals surface area contributed by atoms with Gasteiger partial charge in [-0.05, 0) is 29.2 Å². The molecule has 0 bridgehead atoms. The molecule has 0 amide bonds. The minimum atomic E-state index is 0.616. The van der Waals surface area contributed by atoms with Gasteiger partial charge in [-0.2, -0.15) is 0 Å². The van der Waals surface area contributed by atoms with Crippen molar-refractivity contribution in [1.82, 2.24) is 0 Å². The van der Waals surface area contributed by atoms with E-state index in [1.165, 1.54) is 16.7 Å². The molecular weight excluding hydrogens is 256 g/mol. The van der Waals surface area contributed by atoms with Crippen molar-refractivity contribution in [2.75, 3.05) is 5.88 Å². The first-order valence-corrected chi connectivity index (χ1v) is 7.00. The van der Waals surface area contributed by atoms with Gasteiger partial charge in [0.05, 0.1) is 0 Å². The van der Waals surface area contributed by atoms with Crippen LogP contribution in [-0.2, 0) is 6.61 Å². The van der Waals surface area contributed by atoms with Crippen molar-refractivity contribution in [3.05, 3.63) is 71.3 Å². The molecule has 2 aromatic carbocycles. The van der Waals surface area contributed by atoms with Gasteiger partial charge in [0.2, 0.25) is 0 Å². The van der Waals surface area contributed by atoms with E-state index in [9.17, 15) is 0 Å². The Hall–Kier alpha value is -1.73. The number of benzene rings is 2. The van der Waals surface area contributed by atoms with E-state index in [1.54, 1.807) is 0 Å². The summed E-state index contributed by atoms with van der Waals surface area (Å²) in [6, 6.07) is 16.6. The predicted molar refractivity (Wildman–Crippen MR) is 79.6 cm³/mol. The Morgan fingerprint density at radius 1 is 1.00 bits per heavy atom. The summed E-state index contributed by atoms with van der Waals surface area (Å²) >= 11 is 5.84. The van der Waals surface area contributed by atoms with Crippen LogP contribution in [0.5, 0.6) is 5.75 Å². The van der Waals surface area contributed by atoms with Crippen molar-refractivity contribution >= 4 is 17.2 Å². The fraction of sp³-hybridized carbons (Fsp3) is 0.176. The summed E-state index contributed by atoms with van der Waals surface area (Å²) < 4.78 is 5.91. The van der Waals surface area contributed by atoms with Gasteiger partial charge in [0.25, 0.3) is 0 Å². The molecule has 2 heteroatoms. The van der Waals surface area contributed by atoms with Gasteiger partial charge in [-0.3, -0.25) is 0 Å². The summed E-state index contributed by atoms with van der Waals surface area (Å²) in [7, 11) is 0. The van der Waals surface area contributed by atoms with Crippen LogP contribution in [0.2, 0.25) is 0 Å². The molecule has 0 N–H and O–H groups in total. The Bertz CT molecular complexity index is 567. The monoisotopic (exact) mass is 270 g/mol. The van der Waals surface area contributed by atoms with Crippen LogP contribution in [0.15, 0.2) is 54.6 Å². The number of alkyl halides is 1. The summed E-state index contributed by atoms with van der Waals surface area (Å²) in [6.07, 6.45) is 3.07. The lowest BCUT2D eigenvalue weighted by atomic mass is 9.94. The SMILES string of the molecule is ClCCC=C1c2ccccc2COc2ccccc21. The average Bonchev–Trinajstić information content (AvgIpc) is 2.62. The molecule has 1 aliphatic heterocycles. The first-order chi connectivity index (χ1) is 9.40. The lowest BCUT2D eigenvalue weighted by Crippen LogP contribution is -1.94. The third-order valence-corrected chi connectivity index (χ3v) is 3.54. The summed E-state index contributed by atoms with van der Waals surface area (Å²) in [6.45, 7) is 0.616. The number of allylic oxidation sites excluding steroid dienone is 1. The van der Waals surface area contributed by atoms with Crippen molar-refractivity contribution in [3.63, 3.8) is 0 Å². The molecule has 0 saturated carbocycles. The summed E-state index contributed by atoms with van der Waals surface area (Å²) in [5, 5.41) is 0. The zero-order valence-corrected chi connectivity index (χ0v) is 11.4. The van der Waals surface area contributed by atoms with Gasteiger partial charge in [-0.25, -0.2) is 0 Å². The van der Waals surface area contributed by atoms with Crippen molar-refractivity contribution in [2.45, 2.75) is 13.0 Å². The molecule has 2 aromatic rings. The third-order valence-electron chi connectivity index (χ3n) is 3.33. The third kappa shape index (κ3) is 2.39. The maximum atomic E-state index is 5.91. The van der Waals surface area contributed by atoms with E-state index in [0.717, 1.165) is 17.7 Å². The van der Waals surface area contributed by atoms with Gasteiger partial charge in [0.1, 0.15) is 12.4 Å². The van der Waals surface area contributed by atoms with E-state index in [2.05, 4.69) is 36.4 Å². The highest BCUT2D eigenvalue weighted by atomic mass is 35.5. The standard InChI is InChI=1S/C17H15ClO/c18-11-5-9-15-14-7-2-1-6-13(14)12-19-17-10-4-3-8-16(15)17/h1-4,6-10H,5,11-12H2. The van der Waals surface area contributed by atoms with Gasteiger partial charge < -0.3 is 4.74 Å². The molecule has 0 unspecified atom stereocenters. The van der Waals surface area contributed by atoms with Crippen LogP contribution in [0.4, 0.5) is 0 Å². The van der Waals surface area contributed by atoms with Gasteiger partial charge in [0.15, 0.2) is 0 Å². The second-order valence-corrected chi connectivity index (χ2v) is 4.92. The second-order valence-electron chi connectivity index (χ2n) is 4.54. The van der Waals surface area contributed by atoms with E-state index in [-0.39, 0.29) is 0 Å². The van der Waals surface area contributed by atoms with E-state index < -0.39 is 0 Å². The number of fused-ring (bicyclic) bond motifs is 2. The fourth-order valence-corrected chi connectivity index (χ4v) is 2.55. The molecule has 0 radical (unpaired) electrons. The molecular formula is C17H15ClO. The summed E-state index contributed by atoms with van der Waals surface area (Å²) in [5.74, 6) is 1.58. The van der Waals surface area contributed by atoms with Crippen molar-refractivity contribution < 1.29 is 4.74 Å².